The second-order valence-corrected chi connectivity index (χ2v) is 7.91. The maximum absolute atomic E-state index is 5.80. The molecule has 2 heterocycles. The molecule has 1 atom stereocenters. The van der Waals surface area contributed by atoms with E-state index in [-0.39, 0.29) is 6.04 Å². The maximum atomic E-state index is 5.80. The van der Waals surface area contributed by atoms with Crippen molar-refractivity contribution in [2.24, 2.45) is 4.99 Å². The molecule has 2 aromatic rings. The molecule has 160 valence electrons. The predicted octanol–water partition coefficient (Wildman–Crippen LogP) is 3.87. The van der Waals surface area contributed by atoms with Crippen LogP contribution in [0.3, 0.4) is 0 Å². The van der Waals surface area contributed by atoms with E-state index in [4.69, 9.17) is 9.47 Å². The molecule has 0 aromatic heterocycles. The van der Waals surface area contributed by atoms with Crippen LogP contribution in [0.25, 0.3) is 0 Å². The molecule has 1 fully saturated rings. The normalized spacial score (nSPS) is 17.4. The van der Waals surface area contributed by atoms with Crippen molar-refractivity contribution in [3.05, 3.63) is 53.6 Å². The summed E-state index contributed by atoms with van der Waals surface area (Å²) in [6, 6.07) is 15.1. The number of guanidine groups is 1. The van der Waals surface area contributed by atoms with Gasteiger partial charge in [-0.3, -0.25) is 4.99 Å². The summed E-state index contributed by atoms with van der Waals surface area (Å²) in [4.78, 5) is 6.86. The van der Waals surface area contributed by atoms with Gasteiger partial charge in [0, 0.05) is 38.8 Å². The molecule has 2 aromatic carbocycles. The van der Waals surface area contributed by atoms with Crippen LogP contribution in [-0.4, -0.2) is 39.3 Å². The van der Waals surface area contributed by atoms with Gasteiger partial charge in [-0.1, -0.05) is 18.2 Å². The van der Waals surface area contributed by atoms with Crippen molar-refractivity contribution in [3.8, 4) is 11.5 Å². The van der Waals surface area contributed by atoms with Gasteiger partial charge in [0.25, 0.3) is 0 Å². The Hall–Kier alpha value is -2.89. The number of fused-ring (bicyclic) bond motifs is 1. The number of benzene rings is 2. The lowest BCUT2D eigenvalue weighted by Gasteiger charge is -2.22. The Bertz CT molecular complexity index is 877. The highest BCUT2D eigenvalue weighted by molar-refractivity contribution is 5.80. The van der Waals surface area contributed by atoms with Crippen LogP contribution < -0.4 is 25.0 Å². The standard InChI is InChI=1S/C24H32N4O2/c1-18(20-7-5-8-21(16-20)28-11-3-4-12-28)27-24(25-2)26-17-19-9-10-22-23(15-19)30-14-6-13-29-22/h5,7-10,15-16,18H,3-4,6,11-14,17H2,1-2H3,(H2,25,26,27). The van der Waals surface area contributed by atoms with Crippen molar-refractivity contribution < 1.29 is 9.47 Å². The molecule has 0 bridgehead atoms. The highest BCUT2D eigenvalue weighted by Crippen LogP contribution is 2.30. The molecule has 4 rings (SSSR count). The Kier molecular flexibility index (Phi) is 6.62. The van der Waals surface area contributed by atoms with Crippen molar-refractivity contribution in [3.63, 3.8) is 0 Å². The highest BCUT2D eigenvalue weighted by atomic mass is 16.5. The summed E-state index contributed by atoms with van der Waals surface area (Å²) < 4.78 is 11.5. The molecule has 2 aliphatic heterocycles. The first kappa shape index (κ1) is 20.4. The quantitative estimate of drug-likeness (QED) is 0.581. The largest absolute Gasteiger partial charge is 0.490 e. The molecule has 2 aliphatic rings. The topological polar surface area (TPSA) is 58.1 Å². The lowest BCUT2D eigenvalue weighted by atomic mass is 10.1. The number of anilines is 1. The van der Waals surface area contributed by atoms with Crippen LogP contribution in [0.15, 0.2) is 47.5 Å². The van der Waals surface area contributed by atoms with Gasteiger partial charge in [-0.15, -0.1) is 0 Å². The van der Waals surface area contributed by atoms with Gasteiger partial charge < -0.3 is 25.0 Å². The van der Waals surface area contributed by atoms with E-state index >= 15 is 0 Å². The monoisotopic (exact) mass is 408 g/mol. The van der Waals surface area contributed by atoms with Crippen LogP contribution in [0.5, 0.6) is 11.5 Å². The molecular formula is C24H32N4O2. The third kappa shape index (κ3) is 4.99. The summed E-state index contributed by atoms with van der Waals surface area (Å²) in [6.45, 7) is 6.55. The van der Waals surface area contributed by atoms with E-state index < -0.39 is 0 Å². The van der Waals surface area contributed by atoms with Crippen molar-refractivity contribution in [2.75, 3.05) is 38.3 Å². The fourth-order valence-corrected chi connectivity index (χ4v) is 3.95. The number of aliphatic imine (C=N–C) groups is 1. The smallest absolute Gasteiger partial charge is 0.191 e. The van der Waals surface area contributed by atoms with Gasteiger partial charge in [0.1, 0.15) is 0 Å². The fraction of sp³-hybridized carbons (Fsp3) is 0.458. The van der Waals surface area contributed by atoms with Crippen molar-refractivity contribution in [1.82, 2.24) is 10.6 Å². The van der Waals surface area contributed by atoms with Crippen LogP contribution in [-0.2, 0) is 6.54 Å². The SMILES string of the molecule is CN=C(NCc1ccc2c(c1)OCCCO2)NC(C)c1cccc(N2CCCC2)c1. The fourth-order valence-electron chi connectivity index (χ4n) is 3.95. The third-order valence-corrected chi connectivity index (χ3v) is 5.69. The predicted molar refractivity (Wildman–Crippen MR) is 122 cm³/mol. The van der Waals surface area contributed by atoms with Crippen molar-refractivity contribution in [2.45, 2.75) is 38.8 Å². The first-order valence-corrected chi connectivity index (χ1v) is 10.9. The summed E-state index contributed by atoms with van der Waals surface area (Å²) in [7, 11) is 1.80. The van der Waals surface area contributed by atoms with E-state index in [1.54, 1.807) is 7.05 Å². The Labute approximate surface area is 179 Å². The summed E-state index contributed by atoms with van der Waals surface area (Å²) in [5.74, 6) is 2.42. The van der Waals surface area contributed by atoms with E-state index in [0.29, 0.717) is 19.8 Å². The van der Waals surface area contributed by atoms with Gasteiger partial charge in [0.05, 0.1) is 19.3 Å². The van der Waals surface area contributed by atoms with Crippen LogP contribution in [0.2, 0.25) is 0 Å². The molecule has 0 radical (unpaired) electrons. The highest BCUT2D eigenvalue weighted by Gasteiger charge is 2.15. The first-order valence-electron chi connectivity index (χ1n) is 10.9. The van der Waals surface area contributed by atoms with Crippen LogP contribution in [0, 0.1) is 0 Å². The van der Waals surface area contributed by atoms with Crippen LogP contribution >= 0.6 is 0 Å². The zero-order chi connectivity index (χ0) is 20.8. The van der Waals surface area contributed by atoms with Gasteiger partial charge in [0.15, 0.2) is 17.5 Å². The molecule has 6 nitrogen and oxygen atoms in total. The first-order chi connectivity index (χ1) is 14.7. The minimum atomic E-state index is 0.155. The second kappa shape index (κ2) is 9.74. The van der Waals surface area contributed by atoms with Gasteiger partial charge in [-0.25, -0.2) is 0 Å². The number of ether oxygens (including phenoxy) is 2. The Morgan fingerprint density at radius 3 is 2.63 bits per heavy atom. The zero-order valence-corrected chi connectivity index (χ0v) is 18.0. The molecule has 1 unspecified atom stereocenters. The maximum Gasteiger partial charge on any atom is 0.191 e. The molecule has 1 saturated heterocycles. The second-order valence-electron chi connectivity index (χ2n) is 7.91. The number of hydrogen-bond donors (Lipinski definition) is 2. The molecule has 2 N–H and O–H groups in total. The van der Waals surface area contributed by atoms with Gasteiger partial charge >= 0.3 is 0 Å². The number of nitrogens with one attached hydrogen (secondary N) is 2. The number of nitrogens with zero attached hydrogens (tertiary/aromatic N) is 2. The van der Waals surface area contributed by atoms with Crippen LogP contribution in [0.4, 0.5) is 5.69 Å². The Balaban J connectivity index is 1.36. The summed E-state index contributed by atoms with van der Waals surface area (Å²) in [5, 5.41) is 6.92. The van der Waals surface area contributed by atoms with E-state index in [9.17, 15) is 0 Å². The van der Waals surface area contributed by atoms with Crippen molar-refractivity contribution in [1.29, 1.82) is 0 Å². The van der Waals surface area contributed by atoms with Gasteiger partial charge in [-0.2, -0.15) is 0 Å². The lowest BCUT2D eigenvalue weighted by molar-refractivity contribution is 0.297. The van der Waals surface area contributed by atoms with Crippen LogP contribution in [0.1, 0.15) is 43.4 Å². The lowest BCUT2D eigenvalue weighted by Crippen LogP contribution is -2.38. The van der Waals surface area contributed by atoms with Gasteiger partial charge in [-0.05, 0) is 55.2 Å². The average molecular weight is 409 g/mol. The van der Waals surface area contributed by atoms with E-state index in [2.05, 4.69) is 57.8 Å². The van der Waals surface area contributed by atoms with E-state index in [0.717, 1.165) is 42.5 Å². The molecule has 0 spiro atoms. The zero-order valence-electron chi connectivity index (χ0n) is 18.0. The summed E-state index contributed by atoms with van der Waals surface area (Å²) in [6.07, 6.45) is 3.48. The Morgan fingerprint density at radius 1 is 1.03 bits per heavy atom. The molecule has 30 heavy (non-hydrogen) atoms. The minimum absolute atomic E-state index is 0.155. The van der Waals surface area contributed by atoms with E-state index in [1.165, 1.54) is 24.1 Å². The van der Waals surface area contributed by atoms with Gasteiger partial charge in [0.2, 0.25) is 0 Å². The Morgan fingerprint density at radius 2 is 1.83 bits per heavy atom. The van der Waals surface area contributed by atoms with Crippen molar-refractivity contribution >= 4 is 11.6 Å². The average Bonchev–Trinajstić information content (AvgIpc) is 3.22. The molecule has 0 saturated carbocycles. The molecule has 6 heteroatoms. The van der Waals surface area contributed by atoms with E-state index in [1.807, 2.05) is 12.1 Å². The third-order valence-electron chi connectivity index (χ3n) is 5.69. The minimum Gasteiger partial charge on any atom is -0.490 e. The molecule has 0 amide bonds. The number of rotatable bonds is 5. The number of hydrogen-bond acceptors (Lipinski definition) is 4. The summed E-state index contributed by atoms with van der Waals surface area (Å²) in [5.41, 5.74) is 3.71. The molecule has 0 aliphatic carbocycles. The summed E-state index contributed by atoms with van der Waals surface area (Å²) >= 11 is 0. The molecular weight excluding hydrogens is 376 g/mol.